The van der Waals surface area contributed by atoms with E-state index in [2.05, 4.69) is 10.6 Å². The van der Waals surface area contributed by atoms with Gasteiger partial charge in [-0.05, 0) is 60.7 Å². The number of nitrogens with one attached hydrogen (secondary N) is 2. The molecule has 0 atom stereocenters. The van der Waals surface area contributed by atoms with Crippen molar-refractivity contribution in [1.82, 2.24) is 0 Å². The molecule has 0 radical (unpaired) electrons. The number of carbonyl (C=O) groups is 4. The van der Waals surface area contributed by atoms with Gasteiger partial charge in [0.2, 0.25) is 5.91 Å². The molecular formula is C24H16ClF3N2O6S. The van der Waals surface area contributed by atoms with Crippen molar-refractivity contribution in [3.63, 3.8) is 0 Å². The summed E-state index contributed by atoms with van der Waals surface area (Å²) in [6, 6.07) is 12.1. The van der Waals surface area contributed by atoms with E-state index in [0.29, 0.717) is 4.90 Å². The molecule has 0 unspecified atom stereocenters. The average Bonchev–Trinajstić information content (AvgIpc) is 2.83. The number of anilines is 2. The van der Waals surface area contributed by atoms with Crippen LogP contribution in [-0.4, -0.2) is 39.7 Å². The Kier molecular flexibility index (Phi) is 8.46. The van der Waals surface area contributed by atoms with Crippen molar-refractivity contribution in [2.75, 3.05) is 16.4 Å². The Morgan fingerprint density at radius 1 is 0.838 bits per heavy atom. The number of carbonyl (C=O) groups excluding carboxylic acids is 2. The number of rotatable bonds is 8. The number of aromatic carboxylic acids is 2. The maximum absolute atomic E-state index is 13.2. The number of alkyl halides is 3. The Bertz CT molecular complexity index is 1380. The van der Waals surface area contributed by atoms with Crippen molar-refractivity contribution in [1.29, 1.82) is 0 Å². The lowest BCUT2D eigenvalue weighted by atomic mass is 10.0. The van der Waals surface area contributed by atoms with Gasteiger partial charge in [0, 0.05) is 15.6 Å². The average molecular weight is 553 g/mol. The summed E-state index contributed by atoms with van der Waals surface area (Å²) in [4.78, 5) is 47.8. The van der Waals surface area contributed by atoms with Gasteiger partial charge in [0.1, 0.15) is 0 Å². The molecule has 0 aliphatic rings. The maximum Gasteiger partial charge on any atom is 0.418 e. The van der Waals surface area contributed by atoms with Crippen LogP contribution >= 0.6 is 23.4 Å². The number of hydrogen-bond donors (Lipinski definition) is 4. The molecule has 0 fully saturated rings. The summed E-state index contributed by atoms with van der Waals surface area (Å²) >= 11 is 6.66. The Hall–Kier alpha value is -4.03. The van der Waals surface area contributed by atoms with Gasteiger partial charge in [-0.15, -0.1) is 11.8 Å². The van der Waals surface area contributed by atoms with Crippen LogP contribution in [0.3, 0.4) is 0 Å². The first kappa shape index (κ1) is 27.6. The third-order valence-corrected chi connectivity index (χ3v) is 6.03. The van der Waals surface area contributed by atoms with Crippen LogP contribution in [0.5, 0.6) is 0 Å². The van der Waals surface area contributed by atoms with Crippen LogP contribution < -0.4 is 10.6 Å². The first-order valence-electron chi connectivity index (χ1n) is 10.2. The van der Waals surface area contributed by atoms with E-state index in [4.69, 9.17) is 16.7 Å². The zero-order chi connectivity index (χ0) is 27.3. The van der Waals surface area contributed by atoms with Gasteiger partial charge >= 0.3 is 18.1 Å². The lowest BCUT2D eigenvalue weighted by molar-refractivity contribution is -0.137. The van der Waals surface area contributed by atoms with Crippen molar-refractivity contribution in [3.8, 4) is 0 Å². The van der Waals surface area contributed by atoms with Gasteiger partial charge in [-0.2, -0.15) is 13.2 Å². The molecule has 0 bridgehead atoms. The summed E-state index contributed by atoms with van der Waals surface area (Å²) in [5.74, 6) is -4.48. The highest BCUT2D eigenvalue weighted by molar-refractivity contribution is 8.00. The Labute approximate surface area is 216 Å². The fourth-order valence-electron chi connectivity index (χ4n) is 3.08. The van der Waals surface area contributed by atoms with Crippen LogP contribution in [0.1, 0.15) is 36.6 Å². The number of halogens is 4. The van der Waals surface area contributed by atoms with E-state index in [1.807, 2.05) is 0 Å². The van der Waals surface area contributed by atoms with E-state index in [0.717, 1.165) is 42.1 Å². The van der Waals surface area contributed by atoms with Crippen molar-refractivity contribution >= 4 is 58.5 Å². The number of carboxylic acids is 2. The molecule has 192 valence electrons. The SMILES string of the molecule is O=C(CSc1ccc(NC(=O)c2ccc(C(=O)O)cc2C(=O)O)cc1)Nc1ccc(Cl)cc1C(F)(F)F. The second-order valence-corrected chi connectivity index (χ2v) is 8.86. The summed E-state index contributed by atoms with van der Waals surface area (Å²) in [6.07, 6.45) is -4.70. The number of hydrogen-bond acceptors (Lipinski definition) is 5. The van der Waals surface area contributed by atoms with E-state index in [1.165, 1.54) is 18.2 Å². The quantitative estimate of drug-likeness (QED) is 0.262. The molecule has 0 aliphatic heterocycles. The molecule has 0 saturated carbocycles. The summed E-state index contributed by atoms with van der Waals surface area (Å²) in [6.45, 7) is 0. The van der Waals surface area contributed by atoms with E-state index >= 15 is 0 Å². The smallest absolute Gasteiger partial charge is 0.418 e. The molecule has 0 aliphatic carbocycles. The minimum Gasteiger partial charge on any atom is -0.478 e. The van der Waals surface area contributed by atoms with Gasteiger partial charge in [0.05, 0.1) is 33.7 Å². The predicted molar refractivity (Wildman–Crippen MR) is 131 cm³/mol. The minimum atomic E-state index is -4.70. The first-order valence-corrected chi connectivity index (χ1v) is 11.5. The number of amides is 2. The monoisotopic (exact) mass is 552 g/mol. The van der Waals surface area contributed by atoms with E-state index < -0.39 is 46.7 Å². The molecule has 0 heterocycles. The van der Waals surface area contributed by atoms with Crippen LogP contribution in [0, 0.1) is 0 Å². The summed E-state index contributed by atoms with van der Waals surface area (Å²) in [7, 11) is 0. The van der Waals surface area contributed by atoms with E-state index in [9.17, 15) is 37.5 Å². The molecule has 37 heavy (non-hydrogen) atoms. The third kappa shape index (κ3) is 7.24. The largest absolute Gasteiger partial charge is 0.478 e. The normalized spacial score (nSPS) is 11.0. The molecule has 3 aromatic rings. The Balaban J connectivity index is 1.62. The molecule has 2 amide bonds. The topological polar surface area (TPSA) is 133 Å². The highest BCUT2D eigenvalue weighted by Gasteiger charge is 2.34. The summed E-state index contributed by atoms with van der Waals surface area (Å²) in [5.41, 5.74) is -2.21. The van der Waals surface area contributed by atoms with Crippen LogP contribution in [0.15, 0.2) is 65.6 Å². The number of benzene rings is 3. The molecule has 3 aromatic carbocycles. The zero-order valence-electron chi connectivity index (χ0n) is 18.4. The summed E-state index contributed by atoms with van der Waals surface area (Å²) in [5, 5.41) is 22.9. The standard InChI is InChI=1S/C24H16ClF3N2O6S/c25-13-2-8-19(18(10-13)24(26,27)28)30-20(31)11-37-15-5-3-14(4-6-15)29-21(32)16-7-1-12(22(33)34)9-17(16)23(35)36/h1-10H,11H2,(H,29,32)(H,30,31)(H,33,34)(H,35,36). The second kappa shape index (κ2) is 11.4. The molecule has 4 N–H and O–H groups in total. The first-order chi connectivity index (χ1) is 17.3. The molecular weight excluding hydrogens is 537 g/mol. The van der Waals surface area contributed by atoms with Crippen molar-refractivity contribution in [2.45, 2.75) is 11.1 Å². The van der Waals surface area contributed by atoms with Crippen LogP contribution in [0.2, 0.25) is 5.02 Å². The second-order valence-electron chi connectivity index (χ2n) is 7.37. The molecule has 0 aromatic heterocycles. The lowest BCUT2D eigenvalue weighted by Gasteiger charge is -2.14. The van der Waals surface area contributed by atoms with Crippen LogP contribution in [0.25, 0.3) is 0 Å². The van der Waals surface area contributed by atoms with Crippen LogP contribution in [-0.2, 0) is 11.0 Å². The highest BCUT2D eigenvalue weighted by Crippen LogP contribution is 2.36. The predicted octanol–water partition coefficient (Wildman–Crippen LogP) is 5.74. The van der Waals surface area contributed by atoms with E-state index in [1.54, 1.807) is 12.1 Å². The number of thioether (sulfide) groups is 1. The molecule has 8 nitrogen and oxygen atoms in total. The van der Waals surface area contributed by atoms with E-state index in [-0.39, 0.29) is 27.6 Å². The van der Waals surface area contributed by atoms with Crippen LogP contribution in [0.4, 0.5) is 24.5 Å². The minimum absolute atomic E-state index is 0.122. The fraction of sp³-hybridized carbons (Fsp3) is 0.0833. The highest BCUT2D eigenvalue weighted by atomic mass is 35.5. The molecule has 13 heteroatoms. The lowest BCUT2D eigenvalue weighted by Crippen LogP contribution is -2.18. The molecule has 0 spiro atoms. The van der Waals surface area contributed by atoms with Gasteiger partial charge in [-0.25, -0.2) is 9.59 Å². The molecule has 0 saturated heterocycles. The van der Waals surface area contributed by atoms with Crippen molar-refractivity contribution in [2.24, 2.45) is 0 Å². The maximum atomic E-state index is 13.2. The number of carboxylic acid groups (broad SMARTS) is 2. The van der Waals surface area contributed by atoms with Gasteiger partial charge in [-0.1, -0.05) is 11.6 Å². The fourth-order valence-corrected chi connectivity index (χ4v) is 3.95. The zero-order valence-corrected chi connectivity index (χ0v) is 20.0. The van der Waals surface area contributed by atoms with Crippen molar-refractivity contribution in [3.05, 3.63) is 87.9 Å². The molecule has 3 rings (SSSR count). The Morgan fingerprint density at radius 3 is 2.11 bits per heavy atom. The van der Waals surface area contributed by atoms with Crippen molar-refractivity contribution < 1.29 is 42.6 Å². The summed E-state index contributed by atoms with van der Waals surface area (Å²) < 4.78 is 39.5. The van der Waals surface area contributed by atoms with Gasteiger partial charge in [0.25, 0.3) is 5.91 Å². The van der Waals surface area contributed by atoms with Gasteiger partial charge in [-0.3, -0.25) is 9.59 Å². The van der Waals surface area contributed by atoms with Gasteiger partial charge < -0.3 is 20.8 Å². The van der Waals surface area contributed by atoms with Gasteiger partial charge in [0.15, 0.2) is 0 Å². The third-order valence-electron chi connectivity index (χ3n) is 4.78. The Morgan fingerprint density at radius 2 is 1.51 bits per heavy atom.